The minimum Gasteiger partial charge on any atom is -0.462 e. The Balaban J connectivity index is 0.00000288. The van der Waals surface area contributed by atoms with Crippen molar-refractivity contribution >= 4 is 28.4 Å². The molecule has 0 aliphatic carbocycles. The molecule has 2 rings (SSSR count). The van der Waals surface area contributed by atoms with Crippen molar-refractivity contribution in [2.24, 2.45) is 0 Å². The number of esters is 1. The number of nitrogens with one attached hydrogen (secondary N) is 2. The molecule has 24 heavy (non-hydrogen) atoms. The van der Waals surface area contributed by atoms with Crippen molar-refractivity contribution in [2.45, 2.75) is 43.7 Å². The molecule has 1 saturated heterocycles. The number of benzene rings is 1. The van der Waals surface area contributed by atoms with Crippen LogP contribution in [0.4, 0.5) is 4.39 Å². The third-order valence-corrected chi connectivity index (χ3v) is 5.23. The number of piperidine rings is 1. The fourth-order valence-corrected chi connectivity index (χ4v) is 3.93. The van der Waals surface area contributed by atoms with Crippen LogP contribution in [0.25, 0.3) is 0 Å². The molecule has 0 saturated carbocycles. The Kier molecular flexibility index (Phi) is 7.59. The van der Waals surface area contributed by atoms with E-state index in [-0.39, 0.29) is 41.6 Å². The molecule has 1 aliphatic rings. The van der Waals surface area contributed by atoms with Crippen molar-refractivity contribution in [3.8, 4) is 0 Å². The molecular weight excluding hydrogens is 359 g/mol. The number of carbonyl (C=O) groups is 1. The van der Waals surface area contributed by atoms with Crippen molar-refractivity contribution in [3.63, 3.8) is 0 Å². The van der Waals surface area contributed by atoms with Gasteiger partial charge >= 0.3 is 5.97 Å². The van der Waals surface area contributed by atoms with Crippen molar-refractivity contribution in [2.75, 3.05) is 13.2 Å². The maximum absolute atomic E-state index is 13.7. The van der Waals surface area contributed by atoms with E-state index in [0.29, 0.717) is 6.42 Å². The second-order valence-corrected chi connectivity index (χ2v) is 7.22. The van der Waals surface area contributed by atoms with Gasteiger partial charge < -0.3 is 10.1 Å². The van der Waals surface area contributed by atoms with E-state index in [2.05, 4.69) is 10.0 Å². The fourth-order valence-electron chi connectivity index (χ4n) is 2.52. The van der Waals surface area contributed by atoms with Crippen molar-refractivity contribution < 1.29 is 22.3 Å². The van der Waals surface area contributed by atoms with E-state index in [0.717, 1.165) is 31.2 Å². The summed E-state index contributed by atoms with van der Waals surface area (Å²) in [6, 6.07) is 2.69. The summed E-state index contributed by atoms with van der Waals surface area (Å²) >= 11 is 0. The van der Waals surface area contributed by atoms with Crippen LogP contribution in [0, 0.1) is 5.82 Å². The molecule has 0 spiro atoms. The number of halogens is 2. The number of hydrogen-bond acceptors (Lipinski definition) is 5. The summed E-state index contributed by atoms with van der Waals surface area (Å²) < 4.78 is 46.0. The second-order valence-electron chi connectivity index (χ2n) is 5.51. The normalized spacial score (nSPS) is 21.0. The first-order valence-electron chi connectivity index (χ1n) is 7.57. The van der Waals surface area contributed by atoms with Gasteiger partial charge in [-0.15, -0.1) is 12.4 Å². The maximum atomic E-state index is 13.7. The van der Waals surface area contributed by atoms with E-state index >= 15 is 0 Å². The van der Waals surface area contributed by atoms with E-state index in [4.69, 9.17) is 4.74 Å². The molecule has 0 amide bonds. The van der Waals surface area contributed by atoms with Crippen LogP contribution in [0.2, 0.25) is 0 Å². The average molecular weight is 381 g/mol. The van der Waals surface area contributed by atoms with E-state index < -0.39 is 21.8 Å². The van der Waals surface area contributed by atoms with E-state index in [1.165, 1.54) is 0 Å². The molecule has 2 atom stereocenters. The van der Waals surface area contributed by atoms with Crippen LogP contribution in [-0.4, -0.2) is 39.6 Å². The van der Waals surface area contributed by atoms with Gasteiger partial charge in [-0.1, -0.05) is 0 Å². The molecule has 0 bridgehead atoms. The molecule has 1 heterocycles. The Hall–Kier alpha value is -1.22. The Labute approximate surface area is 147 Å². The van der Waals surface area contributed by atoms with Crippen LogP contribution in [0.15, 0.2) is 23.1 Å². The molecule has 1 aromatic carbocycles. The van der Waals surface area contributed by atoms with Gasteiger partial charge in [0.2, 0.25) is 10.0 Å². The highest BCUT2D eigenvalue weighted by molar-refractivity contribution is 7.89. The molecular formula is C15H22ClFN2O4S. The molecule has 9 heteroatoms. The third-order valence-electron chi connectivity index (χ3n) is 3.76. The molecule has 1 aromatic rings. The fraction of sp³-hybridized carbons (Fsp3) is 0.533. The number of carbonyl (C=O) groups excluding carboxylic acids is 1. The standard InChI is InChI=1S/C15H21FN2O4S.ClH/c1-3-22-15(19)11-7-12(16)9-13(8-11)23(20,21)18-14-5-4-6-17-10(14)2;/h7-10,14,17-18H,3-6H2,1-2H3;1H. The summed E-state index contributed by atoms with van der Waals surface area (Å²) in [5.41, 5.74) is -0.123. The highest BCUT2D eigenvalue weighted by atomic mass is 35.5. The number of ether oxygens (including phenoxy) is 1. The molecule has 6 nitrogen and oxygen atoms in total. The summed E-state index contributed by atoms with van der Waals surface area (Å²) in [7, 11) is -3.92. The van der Waals surface area contributed by atoms with Crippen molar-refractivity contribution in [3.05, 3.63) is 29.6 Å². The van der Waals surface area contributed by atoms with Gasteiger partial charge in [0, 0.05) is 12.1 Å². The zero-order valence-electron chi connectivity index (χ0n) is 13.5. The highest BCUT2D eigenvalue weighted by Crippen LogP contribution is 2.18. The Morgan fingerprint density at radius 2 is 2.12 bits per heavy atom. The SMILES string of the molecule is CCOC(=O)c1cc(F)cc(S(=O)(=O)NC2CCCNC2C)c1.Cl. The first-order valence-corrected chi connectivity index (χ1v) is 9.05. The largest absolute Gasteiger partial charge is 0.462 e. The summed E-state index contributed by atoms with van der Waals surface area (Å²) in [6.45, 7) is 4.48. The summed E-state index contributed by atoms with van der Waals surface area (Å²) in [5.74, 6) is -1.55. The maximum Gasteiger partial charge on any atom is 0.338 e. The minimum atomic E-state index is -3.92. The first kappa shape index (κ1) is 20.8. The molecule has 2 N–H and O–H groups in total. The van der Waals surface area contributed by atoms with E-state index in [9.17, 15) is 17.6 Å². The molecule has 136 valence electrons. The smallest absolute Gasteiger partial charge is 0.338 e. The van der Waals surface area contributed by atoms with Gasteiger partial charge in [-0.25, -0.2) is 22.3 Å². The van der Waals surface area contributed by atoms with Gasteiger partial charge in [0.25, 0.3) is 0 Å². The lowest BCUT2D eigenvalue weighted by Crippen LogP contribution is -2.51. The molecule has 0 radical (unpaired) electrons. The van der Waals surface area contributed by atoms with Gasteiger partial charge in [0.15, 0.2) is 0 Å². The average Bonchev–Trinajstić information content (AvgIpc) is 2.49. The second kappa shape index (κ2) is 8.75. The lowest BCUT2D eigenvalue weighted by Gasteiger charge is -2.30. The Morgan fingerprint density at radius 1 is 1.42 bits per heavy atom. The van der Waals surface area contributed by atoms with Crippen LogP contribution in [0.3, 0.4) is 0 Å². The third kappa shape index (κ3) is 5.14. The number of rotatable bonds is 5. The predicted octanol–water partition coefficient (Wildman–Crippen LogP) is 1.84. The van der Waals surface area contributed by atoms with Gasteiger partial charge in [-0.2, -0.15) is 0 Å². The lowest BCUT2D eigenvalue weighted by molar-refractivity contribution is 0.0525. The van der Waals surface area contributed by atoms with Crippen LogP contribution in [0.5, 0.6) is 0 Å². The van der Waals surface area contributed by atoms with E-state index in [1.54, 1.807) is 6.92 Å². The van der Waals surface area contributed by atoms with Gasteiger partial charge in [0.05, 0.1) is 17.1 Å². The van der Waals surface area contributed by atoms with Gasteiger partial charge in [0.1, 0.15) is 5.82 Å². The van der Waals surface area contributed by atoms with Gasteiger partial charge in [-0.05, 0) is 51.4 Å². The van der Waals surface area contributed by atoms with Crippen LogP contribution >= 0.6 is 12.4 Å². The zero-order valence-corrected chi connectivity index (χ0v) is 15.2. The Bertz CT molecular complexity index is 684. The van der Waals surface area contributed by atoms with Crippen LogP contribution in [-0.2, 0) is 14.8 Å². The summed E-state index contributed by atoms with van der Waals surface area (Å²) in [4.78, 5) is 11.4. The van der Waals surface area contributed by atoms with Crippen LogP contribution in [0.1, 0.15) is 37.0 Å². The molecule has 0 aromatic heterocycles. The number of sulfonamides is 1. The van der Waals surface area contributed by atoms with Crippen molar-refractivity contribution in [1.29, 1.82) is 0 Å². The van der Waals surface area contributed by atoms with Gasteiger partial charge in [-0.3, -0.25) is 0 Å². The molecule has 1 fully saturated rings. The highest BCUT2D eigenvalue weighted by Gasteiger charge is 2.27. The predicted molar refractivity (Wildman–Crippen MR) is 90.4 cm³/mol. The lowest BCUT2D eigenvalue weighted by atomic mass is 10.0. The molecule has 2 unspecified atom stereocenters. The summed E-state index contributed by atoms with van der Waals surface area (Å²) in [5, 5.41) is 3.19. The zero-order chi connectivity index (χ0) is 17.0. The van der Waals surface area contributed by atoms with E-state index in [1.807, 2.05) is 6.92 Å². The van der Waals surface area contributed by atoms with Crippen LogP contribution < -0.4 is 10.0 Å². The first-order chi connectivity index (χ1) is 10.8. The summed E-state index contributed by atoms with van der Waals surface area (Å²) in [6.07, 6.45) is 1.56. The topological polar surface area (TPSA) is 84.5 Å². The monoisotopic (exact) mass is 380 g/mol. The number of hydrogen-bond donors (Lipinski definition) is 2. The molecule has 1 aliphatic heterocycles. The minimum absolute atomic E-state index is 0. The quantitative estimate of drug-likeness (QED) is 0.761. The Morgan fingerprint density at radius 3 is 2.75 bits per heavy atom. The van der Waals surface area contributed by atoms with Crippen molar-refractivity contribution in [1.82, 2.24) is 10.0 Å².